The predicted molar refractivity (Wildman–Crippen MR) is 101 cm³/mol. The van der Waals surface area contributed by atoms with Crippen LogP contribution in [-0.2, 0) is 9.59 Å². The molecule has 6 heteroatoms. The number of carbonyl (C=O) groups excluding carboxylic acids is 2. The topological polar surface area (TPSA) is 92.7 Å². The molecule has 2 aromatic rings. The van der Waals surface area contributed by atoms with Crippen LogP contribution in [0.5, 0.6) is 5.75 Å². The number of hydrogen-bond acceptors (Lipinski definition) is 4. The van der Waals surface area contributed by atoms with Crippen LogP contribution < -0.4 is 10.1 Å². The minimum atomic E-state index is -1.17. The van der Waals surface area contributed by atoms with Gasteiger partial charge in [0.1, 0.15) is 5.75 Å². The number of amides is 1. The summed E-state index contributed by atoms with van der Waals surface area (Å²) in [6.45, 7) is 6.78. The van der Waals surface area contributed by atoms with Crippen molar-refractivity contribution in [2.75, 3.05) is 0 Å². The smallest absolute Gasteiger partial charge is 0.330 e. The first-order chi connectivity index (χ1) is 12.7. The second-order valence-corrected chi connectivity index (χ2v) is 6.47. The fourth-order valence-electron chi connectivity index (χ4n) is 2.54. The molecule has 0 aromatic heterocycles. The standard InChI is InChI=1S/C21H23NO5/c1-12-8-9-17(10-13(12)2)19(21(25)26)22-20(24)15(4)27-18-7-5-6-16(11-18)14(3)23/h5-11,15,19H,1-4H3,(H,22,24)(H,25,26). The van der Waals surface area contributed by atoms with E-state index in [1.165, 1.54) is 13.8 Å². The zero-order valence-corrected chi connectivity index (χ0v) is 15.8. The summed E-state index contributed by atoms with van der Waals surface area (Å²) in [5.74, 6) is -1.46. The molecule has 0 radical (unpaired) electrons. The molecular formula is C21H23NO5. The van der Waals surface area contributed by atoms with E-state index in [0.717, 1.165) is 11.1 Å². The summed E-state index contributed by atoms with van der Waals surface area (Å²) in [6.07, 6.45) is -0.930. The molecule has 0 saturated carbocycles. The van der Waals surface area contributed by atoms with Gasteiger partial charge < -0.3 is 15.2 Å². The van der Waals surface area contributed by atoms with E-state index in [1.807, 2.05) is 19.9 Å². The van der Waals surface area contributed by atoms with E-state index in [1.54, 1.807) is 36.4 Å². The Hall–Kier alpha value is -3.15. The van der Waals surface area contributed by atoms with E-state index >= 15 is 0 Å². The van der Waals surface area contributed by atoms with E-state index in [0.29, 0.717) is 16.9 Å². The zero-order valence-electron chi connectivity index (χ0n) is 15.8. The van der Waals surface area contributed by atoms with Crippen molar-refractivity contribution in [2.45, 2.75) is 39.8 Å². The van der Waals surface area contributed by atoms with Crippen LogP contribution >= 0.6 is 0 Å². The summed E-state index contributed by atoms with van der Waals surface area (Å²) in [7, 11) is 0. The third-order valence-corrected chi connectivity index (χ3v) is 4.32. The molecule has 0 aliphatic carbocycles. The van der Waals surface area contributed by atoms with Gasteiger partial charge in [-0.05, 0) is 56.5 Å². The molecule has 2 unspecified atom stereocenters. The first kappa shape index (κ1) is 20.2. The van der Waals surface area contributed by atoms with Gasteiger partial charge in [0.05, 0.1) is 0 Å². The van der Waals surface area contributed by atoms with E-state index in [9.17, 15) is 19.5 Å². The lowest BCUT2D eigenvalue weighted by Crippen LogP contribution is -2.41. The molecule has 0 saturated heterocycles. The van der Waals surface area contributed by atoms with Gasteiger partial charge in [0.15, 0.2) is 17.9 Å². The van der Waals surface area contributed by atoms with Crippen molar-refractivity contribution in [3.05, 3.63) is 64.7 Å². The van der Waals surface area contributed by atoms with Crippen LogP contribution in [0.25, 0.3) is 0 Å². The fourth-order valence-corrected chi connectivity index (χ4v) is 2.54. The highest BCUT2D eigenvalue weighted by atomic mass is 16.5. The normalized spacial score (nSPS) is 12.7. The number of benzene rings is 2. The first-order valence-electron chi connectivity index (χ1n) is 8.57. The molecule has 2 rings (SSSR count). The van der Waals surface area contributed by atoms with Gasteiger partial charge in [-0.1, -0.05) is 30.3 Å². The lowest BCUT2D eigenvalue weighted by atomic mass is 10.0. The largest absolute Gasteiger partial charge is 0.481 e. The number of carboxylic acids is 1. The first-order valence-corrected chi connectivity index (χ1v) is 8.57. The number of rotatable bonds is 7. The highest BCUT2D eigenvalue weighted by Gasteiger charge is 2.25. The molecule has 0 aliphatic heterocycles. The number of Topliss-reactive ketones (excluding diaryl/α,β-unsaturated/α-hetero) is 1. The molecule has 0 aliphatic rings. The molecular weight excluding hydrogens is 346 g/mol. The molecule has 2 N–H and O–H groups in total. The Bertz CT molecular complexity index is 875. The summed E-state index contributed by atoms with van der Waals surface area (Å²) >= 11 is 0. The van der Waals surface area contributed by atoms with Gasteiger partial charge in [0.2, 0.25) is 0 Å². The quantitative estimate of drug-likeness (QED) is 0.731. The van der Waals surface area contributed by atoms with Crippen LogP contribution in [0.3, 0.4) is 0 Å². The number of aryl methyl sites for hydroxylation is 2. The lowest BCUT2D eigenvalue weighted by Gasteiger charge is -2.20. The van der Waals surface area contributed by atoms with Crippen LogP contribution in [0.15, 0.2) is 42.5 Å². The van der Waals surface area contributed by atoms with Gasteiger partial charge in [0, 0.05) is 5.56 Å². The second-order valence-electron chi connectivity index (χ2n) is 6.47. The van der Waals surface area contributed by atoms with Crippen molar-refractivity contribution in [1.29, 1.82) is 0 Å². The van der Waals surface area contributed by atoms with Gasteiger partial charge >= 0.3 is 5.97 Å². The Morgan fingerprint density at radius 2 is 1.74 bits per heavy atom. The van der Waals surface area contributed by atoms with Crippen LogP contribution in [0.1, 0.15) is 46.9 Å². The monoisotopic (exact) mass is 369 g/mol. The highest BCUT2D eigenvalue weighted by Crippen LogP contribution is 2.19. The van der Waals surface area contributed by atoms with Crippen molar-refractivity contribution < 1.29 is 24.2 Å². The van der Waals surface area contributed by atoms with E-state index in [-0.39, 0.29) is 5.78 Å². The Kier molecular flexibility index (Phi) is 6.34. The molecule has 1 amide bonds. The molecule has 2 atom stereocenters. The maximum absolute atomic E-state index is 12.4. The molecule has 0 fully saturated rings. The highest BCUT2D eigenvalue weighted by molar-refractivity contribution is 5.94. The molecule has 0 bridgehead atoms. The number of hydrogen-bond donors (Lipinski definition) is 2. The van der Waals surface area contributed by atoms with Crippen LogP contribution in [0, 0.1) is 13.8 Å². The molecule has 142 valence electrons. The summed E-state index contributed by atoms with van der Waals surface area (Å²) in [4.78, 5) is 35.5. The minimum Gasteiger partial charge on any atom is -0.481 e. The number of nitrogens with one attached hydrogen (secondary N) is 1. The van der Waals surface area contributed by atoms with Crippen molar-refractivity contribution in [3.8, 4) is 5.75 Å². The number of carboxylic acid groups (broad SMARTS) is 1. The van der Waals surface area contributed by atoms with Crippen molar-refractivity contribution in [3.63, 3.8) is 0 Å². The molecule has 6 nitrogen and oxygen atoms in total. The SMILES string of the molecule is CC(=O)c1cccc(OC(C)C(=O)NC(C(=O)O)c2ccc(C)c(C)c2)c1. The summed E-state index contributed by atoms with van der Waals surface area (Å²) in [5.41, 5.74) is 2.94. The molecule has 0 heterocycles. The Labute approximate surface area is 158 Å². The lowest BCUT2D eigenvalue weighted by molar-refractivity contribution is -0.143. The van der Waals surface area contributed by atoms with Crippen LogP contribution in [-0.4, -0.2) is 28.9 Å². The van der Waals surface area contributed by atoms with Gasteiger partial charge in [-0.15, -0.1) is 0 Å². The van der Waals surface area contributed by atoms with E-state index < -0.39 is 24.0 Å². The minimum absolute atomic E-state index is 0.113. The van der Waals surface area contributed by atoms with Crippen molar-refractivity contribution in [1.82, 2.24) is 5.32 Å². The summed E-state index contributed by atoms with van der Waals surface area (Å²) < 4.78 is 5.57. The van der Waals surface area contributed by atoms with Crippen LogP contribution in [0.2, 0.25) is 0 Å². The second kappa shape index (κ2) is 8.49. The third-order valence-electron chi connectivity index (χ3n) is 4.32. The third kappa shape index (κ3) is 5.17. The Balaban J connectivity index is 2.12. The number of carbonyl (C=O) groups is 3. The maximum Gasteiger partial charge on any atom is 0.330 e. The number of ketones is 1. The van der Waals surface area contributed by atoms with Gasteiger partial charge in [-0.2, -0.15) is 0 Å². The summed E-state index contributed by atoms with van der Waals surface area (Å²) in [6, 6.07) is 10.6. The average Bonchev–Trinajstić information content (AvgIpc) is 2.61. The average molecular weight is 369 g/mol. The maximum atomic E-state index is 12.4. The Morgan fingerprint density at radius 3 is 2.33 bits per heavy atom. The van der Waals surface area contributed by atoms with Crippen LogP contribution in [0.4, 0.5) is 0 Å². The zero-order chi connectivity index (χ0) is 20.1. The number of aliphatic carboxylic acids is 1. The Morgan fingerprint density at radius 1 is 1.04 bits per heavy atom. The summed E-state index contributed by atoms with van der Waals surface area (Å²) in [5, 5.41) is 12.0. The molecule has 0 spiro atoms. The predicted octanol–water partition coefficient (Wildman–Crippen LogP) is 3.22. The van der Waals surface area contributed by atoms with Gasteiger partial charge in [-0.25, -0.2) is 4.79 Å². The van der Waals surface area contributed by atoms with Crippen molar-refractivity contribution >= 4 is 17.7 Å². The molecule has 2 aromatic carbocycles. The molecule has 27 heavy (non-hydrogen) atoms. The van der Waals surface area contributed by atoms with E-state index in [4.69, 9.17) is 4.74 Å². The van der Waals surface area contributed by atoms with Gasteiger partial charge in [0.25, 0.3) is 5.91 Å². The van der Waals surface area contributed by atoms with E-state index in [2.05, 4.69) is 5.32 Å². The van der Waals surface area contributed by atoms with Gasteiger partial charge in [-0.3, -0.25) is 9.59 Å². The fraction of sp³-hybridized carbons (Fsp3) is 0.286. The van der Waals surface area contributed by atoms with Crippen molar-refractivity contribution in [2.24, 2.45) is 0 Å². The number of ether oxygens (including phenoxy) is 1.